The molecular weight excluding hydrogens is 302 g/mol. The molecule has 126 valence electrons. The second-order valence-electron chi connectivity index (χ2n) is 6.61. The van der Waals surface area contributed by atoms with Crippen LogP contribution in [-0.4, -0.2) is 16.1 Å². The molecule has 1 amide bonds. The van der Waals surface area contributed by atoms with Crippen molar-refractivity contribution < 1.29 is 10.0 Å². The van der Waals surface area contributed by atoms with Crippen molar-refractivity contribution in [1.29, 1.82) is 0 Å². The van der Waals surface area contributed by atoms with E-state index in [1.54, 1.807) is 11.5 Å². The highest BCUT2D eigenvalue weighted by molar-refractivity contribution is 5.93. The summed E-state index contributed by atoms with van der Waals surface area (Å²) in [4.78, 5) is 16.0. The van der Waals surface area contributed by atoms with E-state index in [1.807, 2.05) is 6.92 Å². The monoisotopic (exact) mass is 325 g/mol. The minimum atomic E-state index is -0.542. The molecule has 1 fully saturated rings. The van der Waals surface area contributed by atoms with E-state index in [9.17, 15) is 4.79 Å². The first-order valence-electron chi connectivity index (χ1n) is 8.28. The van der Waals surface area contributed by atoms with Gasteiger partial charge in [-0.05, 0) is 50.3 Å². The molecule has 0 radical (unpaired) electrons. The molecule has 1 aliphatic rings. The lowest BCUT2D eigenvalue weighted by Gasteiger charge is -2.22. The van der Waals surface area contributed by atoms with E-state index in [0.29, 0.717) is 5.56 Å². The van der Waals surface area contributed by atoms with Gasteiger partial charge in [0.2, 0.25) is 0 Å². The van der Waals surface area contributed by atoms with E-state index < -0.39 is 5.91 Å². The lowest BCUT2D eigenvalue weighted by molar-refractivity contribution is 0.0706. The summed E-state index contributed by atoms with van der Waals surface area (Å²) >= 11 is 0. The molecule has 0 saturated heterocycles. The van der Waals surface area contributed by atoms with E-state index in [1.165, 1.54) is 22.9 Å². The van der Waals surface area contributed by atoms with Gasteiger partial charge in [0.15, 0.2) is 0 Å². The highest BCUT2D eigenvalue weighted by atomic mass is 16.5. The molecule has 2 aromatic rings. The number of hydrogen-bond acceptors (Lipinski definition) is 4. The van der Waals surface area contributed by atoms with Gasteiger partial charge in [-0.25, -0.2) is 10.5 Å². The van der Waals surface area contributed by atoms with Crippen LogP contribution in [0.25, 0.3) is 0 Å². The molecule has 1 aromatic carbocycles. The molecule has 0 bridgehead atoms. The van der Waals surface area contributed by atoms with Crippen molar-refractivity contribution in [3.63, 3.8) is 0 Å². The van der Waals surface area contributed by atoms with Crippen molar-refractivity contribution in [3.05, 3.63) is 58.3 Å². The van der Waals surface area contributed by atoms with Crippen LogP contribution >= 0.6 is 0 Å². The molecule has 3 N–H and O–H groups in total. The van der Waals surface area contributed by atoms with Gasteiger partial charge in [-0.2, -0.15) is 0 Å². The molecule has 0 aliphatic heterocycles. The van der Waals surface area contributed by atoms with Gasteiger partial charge in [0.1, 0.15) is 5.82 Å². The van der Waals surface area contributed by atoms with Crippen LogP contribution < -0.4 is 10.8 Å². The van der Waals surface area contributed by atoms with Gasteiger partial charge in [0, 0.05) is 6.20 Å². The van der Waals surface area contributed by atoms with Gasteiger partial charge in [0.05, 0.1) is 11.1 Å². The van der Waals surface area contributed by atoms with Crippen LogP contribution in [0.1, 0.15) is 52.4 Å². The number of hydrogen-bond donors (Lipinski definition) is 3. The van der Waals surface area contributed by atoms with Crippen molar-refractivity contribution in [3.8, 4) is 0 Å². The summed E-state index contributed by atoms with van der Waals surface area (Å²) in [7, 11) is 0. The third-order valence-corrected chi connectivity index (χ3v) is 4.59. The summed E-state index contributed by atoms with van der Waals surface area (Å²) in [5.41, 5.74) is 6.73. The normalized spacial score (nSPS) is 15.0. The molecule has 0 unspecified atom stereocenters. The van der Waals surface area contributed by atoms with Crippen LogP contribution in [0, 0.1) is 13.8 Å². The van der Waals surface area contributed by atoms with Crippen LogP contribution in [0.2, 0.25) is 0 Å². The quantitative estimate of drug-likeness (QED) is 0.581. The van der Waals surface area contributed by atoms with E-state index >= 15 is 0 Å². The third-order valence-electron chi connectivity index (χ3n) is 4.59. The lowest BCUT2D eigenvalue weighted by atomic mass is 9.99. The molecule has 1 aromatic heterocycles. The van der Waals surface area contributed by atoms with E-state index in [2.05, 4.69) is 42.3 Å². The van der Waals surface area contributed by atoms with Crippen molar-refractivity contribution in [2.75, 3.05) is 5.32 Å². The first-order valence-corrected chi connectivity index (χ1v) is 8.28. The Morgan fingerprint density at radius 1 is 1.21 bits per heavy atom. The van der Waals surface area contributed by atoms with Crippen LogP contribution in [0.4, 0.5) is 5.82 Å². The van der Waals surface area contributed by atoms with Crippen LogP contribution in [0.3, 0.4) is 0 Å². The number of anilines is 1. The average molecular weight is 325 g/mol. The topological polar surface area (TPSA) is 74.2 Å². The molecule has 0 atom stereocenters. The number of amides is 1. The van der Waals surface area contributed by atoms with Crippen LogP contribution in [0.5, 0.6) is 0 Å². The number of aromatic nitrogens is 1. The fourth-order valence-electron chi connectivity index (χ4n) is 3.17. The Balaban J connectivity index is 1.91. The summed E-state index contributed by atoms with van der Waals surface area (Å²) in [5, 5.41) is 12.4. The molecule has 3 rings (SSSR count). The fourth-order valence-corrected chi connectivity index (χ4v) is 3.17. The predicted octanol–water partition coefficient (Wildman–Crippen LogP) is 3.48. The smallest absolute Gasteiger partial charge is 0.276 e. The first-order chi connectivity index (χ1) is 11.5. The first kappa shape index (κ1) is 16.5. The van der Waals surface area contributed by atoms with Crippen molar-refractivity contribution in [2.45, 2.75) is 45.6 Å². The second-order valence-corrected chi connectivity index (χ2v) is 6.61. The molecule has 5 nitrogen and oxygen atoms in total. The molecule has 1 heterocycles. The maximum absolute atomic E-state index is 11.6. The summed E-state index contributed by atoms with van der Waals surface area (Å²) in [6, 6.07) is 8.41. The maximum atomic E-state index is 11.6. The number of carbonyl (C=O) groups is 1. The van der Waals surface area contributed by atoms with Crippen LogP contribution in [0.15, 0.2) is 30.5 Å². The second kappa shape index (κ2) is 6.24. The van der Waals surface area contributed by atoms with E-state index in [4.69, 9.17) is 5.21 Å². The van der Waals surface area contributed by atoms with Crippen molar-refractivity contribution in [1.82, 2.24) is 10.5 Å². The largest absolute Gasteiger partial charge is 0.360 e. The minimum Gasteiger partial charge on any atom is -0.360 e. The zero-order chi connectivity index (χ0) is 17.3. The highest BCUT2D eigenvalue weighted by Gasteiger charge is 2.45. The number of hydroxylamine groups is 1. The SMILES string of the molecule is CCc1cc(C(=O)NO)cnc1NC1(c2cc(C)cc(C)c2)CC1. The van der Waals surface area contributed by atoms with Crippen LogP contribution in [-0.2, 0) is 12.0 Å². The fraction of sp³-hybridized carbons (Fsp3) is 0.368. The summed E-state index contributed by atoms with van der Waals surface area (Å²) < 4.78 is 0. The molecular formula is C19H23N3O2. The molecule has 1 aliphatic carbocycles. The Morgan fingerprint density at radius 3 is 2.42 bits per heavy atom. The van der Waals surface area contributed by atoms with Gasteiger partial charge in [-0.3, -0.25) is 10.0 Å². The summed E-state index contributed by atoms with van der Waals surface area (Å²) in [6.45, 7) is 6.26. The van der Waals surface area contributed by atoms with E-state index in [0.717, 1.165) is 30.6 Å². The zero-order valence-corrected chi connectivity index (χ0v) is 14.3. The van der Waals surface area contributed by atoms with Gasteiger partial charge in [-0.1, -0.05) is 36.2 Å². The molecule has 1 saturated carbocycles. The number of carbonyl (C=O) groups excluding carboxylic acids is 1. The average Bonchev–Trinajstić information content (AvgIpc) is 3.34. The molecule has 5 heteroatoms. The molecule has 0 spiro atoms. The molecule has 24 heavy (non-hydrogen) atoms. The van der Waals surface area contributed by atoms with Crippen molar-refractivity contribution in [2.24, 2.45) is 0 Å². The zero-order valence-electron chi connectivity index (χ0n) is 14.3. The van der Waals surface area contributed by atoms with Gasteiger partial charge in [-0.15, -0.1) is 0 Å². The number of rotatable bonds is 5. The number of nitrogens with one attached hydrogen (secondary N) is 2. The number of benzene rings is 1. The Bertz CT molecular complexity index is 762. The van der Waals surface area contributed by atoms with Gasteiger partial charge in [0.25, 0.3) is 5.91 Å². The minimum absolute atomic E-state index is 0.0611. The Kier molecular flexibility index (Phi) is 4.28. The van der Waals surface area contributed by atoms with Crippen molar-refractivity contribution >= 4 is 11.7 Å². The van der Waals surface area contributed by atoms with Gasteiger partial charge < -0.3 is 5.32 Å². The highest BCUT2D eigenvalue weighted by Crippen LogP contribution is 2.48. The Hall–Kier alpha value is -2.40. The Labute approximate surface area is 142 Å². The standard InChI is InChI=1S/C19H23N3O2/c1-4-14-10-15(18(23)22-24)11-20-17(14)21-19(5-6-19)16-8-12(2)7-13(3)9-16/h7-11,24H,4-6H2,1-3H3,(H,20,21)(H,22,23). The number of pyridine rings is 1. The predicted molar refractivity (Wildman–Crippen MR) is 93.3 cm³/mol. The summed E-state index contributed by atoms with van der Waals surface area (Å²) in [5.74, 6) is 0.267. The Morgan fingerprint density at radius 2 is 1.88 bits per heavy atom. The maximum Gasteiger partial charge on any atom is 0.276 e. The van der Waals surface area contributed by atoms with Gasteiger partial charge >= 0.3 is 0 Å². The number of nitrogens with zero attached hydrogens (tertiary/aromatic N) is 1. The third kappa shape index (κ3) is 3.12. The summed E-state index contributed by atoms with van der Waals surface area (Å²) in [6.07, 6.45) is 4.38. The number of aryl methyl sites for hydroxylation is 3. The van der Waals surface area contributed by atoms with E-state index in [-0.39, 0.29) is 5.54 Å². The lowest BCUT2D eigenvalue weighted by Crippen LogP contribution is -2.22.